The van der Waals surface area contributed by atoms with E-state index in [0.717, 1.165) is 17.6 Å². The number of hydrogen-bond donors (Lipinski definition) is 2. The van der Waals surface area contributed by atoms with E-state index in [9.17, 15) is 13.2 Å². The molecule has 0 aromatic carbocycles. The first-order chi connectivity index (χ1) is 11.2. The molecule has 0 amide bonds. The van der Waals surface area contributed by atoms with Crippen LogP contribution in [0.4, 0.5) is 17.6 Å². The Morgan fingerprint density at radius 3 is 2.71 bits per heavy atom. The van der Waals surface area contributed by atoms with E-state index in [2.05, 4.69) is 19.7 Å². The molecule has 0 fully saturated rings. The number of nitrogen functional groups attached to an aromatic ring is 1. The highest BCUT2D eigenvalue weighted by atomic mass is 32.2. The molecule has 2 rings (SSSR count). The van der Waals surface area contributed by atoms with Gasteiger partial charge in [0.1, 0.15) is 4.88 Å². The quantitative estimate of drug-likeness (QED) is 0.685. The van der Waals surface area contributed by atoms with E-state index in [1.54, 1.807) is 24.4 Å². The fraction of sp³-hybridized carbons (Fsp3) is 0.333. The summed E-state index contributed by atoms with van der Waals surface area (Å²) in [6.45, 7) is -0.220. The van der Waals surface area contributed by atoms with Crippen molar-refractivity contribution in [2.45, 2.75) is 6.61 Å². The van der Waals surface area contributed by atoms with E-state index in [1.165, 1.54) is 6.07 Å². The Labute approximate surface area is 142 Å². The summed E-state index contributed by atoms with van der Waals surface area (Å²) in [5.74, 6) is -0.158. The van der Waals surface area contributed by atoms with Crippen LogP contribution in [0.2, 0.25) is 0 Å². The summed E-state index contributed by atoms with van der Waals surface area (Å²) in [5.41, 5.74) is 5.75. The Hall–Kier alpha value is -2.47. The fourth-order valence-electron chi connectivity index (χ4n) is 1.63. The number of ether oxygens (including phenoxy) is 1. The minimum atomic E-state index is -3.50. The van der Waals surface area contributed by atoms with E-state index in [-0.39, 0.29) is 28.9 Å². The normalized spacial score (nSPS) is 11.1. The number of nitrogens with one attached hydrogen (secondary N) is 1. The Morgan fingerprint density at radius 1 is 1.38 bits per heavy atom. The van der Waals surface area contributed by atoms with Crippen LogP contribution >= 0.6 is 11.3 Å². The summed E-state index contributed by atoms with van der Waals surface area (Å²) in [7, 11) is -0.0262. The number of carbonyl (C=O) groups is 1. The van der Waals surface area contributed by atoms with Gasteiger partial charge < -0.3 is 15.4 Å². The first-order valence-electron chi connectivity index (χ1n) is 6.56. The number of hydrogen-bond acceptors (Lipinski definition) is 10. The lowest BCUT2D eigenvalue weighted by Gasteiger charge is -2.11. The molecule has 10 nitrogen and oxygen atoms in total. The van der Waals surface area contributed by atoms with Crippen LogP contribution in [0, 0.1) is 0 Å². The Balaban J connectivity index is 2.11. The van der Waals surface area contributed by atoms with Gasteiger partial charge in [-0.2, -0.15) is 15.0 Å². The molecule has 130 valence electrons. The van der Waals surface area contributed by atoms with Crippen LogP contribution in [-0.4, -0.2) is 49.7 Å². The number of sulfonamides is 1. The molecule has 2 aromatic rings. The molecule has 0 saturated carbocycles. The molecular weight excluding hydrogens is 356 g/mol. The van der Waals surface area contributed by atoms with Crippen LogP contribution in [-0.2, 0) is 21.4 Å². The molecule has 2 heterocycles. The van der Waals surface area contributed by atoms with Crippen molar-refractivity contribution in [3.8, 4) is 0 Å². The zero-order chi connectivity index (χ0) is 17.9. The highest BCUT2D eigenvalue weighted by molar-refractivity contribution is 7.92. The lowest BCUT2D eigenvalue weighted by Crippen LogP contribution is -2.17. The molecule has 3 N–H and O–H groups in total. The molecule has 0 unspecified atom stereocenters. The third kappa shape index (κ3) is 4.76. The van der Waals surface area contributed by atoms with Gasteiger partial charge >= 0.3 is 5.97 Å². The lowest BCUT2D eigenvalue weighted by atomic mass is 10.4. The van der Waals surface area contributed by atoms with Crippen molar-refractivity contribution in [1.29, 1.82) is 0 Å². The van der Waals surface area contributed by atoms with E-state index < -0.39 is 16.0 Å². The van der Waals surface area contributed by atoms with Crippen molar-refractivity contribution >= 4 is 44.9 Å². The van der Waals surface area contributed by atoms with E-state index >= 15 is 0 Å². The second-order valence-corrected chi connectivity index (χ2v) is 7.58. The molecule has 0 spiro atoms. The highest BCUT2D eigenvalue weighted by Crippen LogP contribution is 2.24. The number of anilines is 3. The Bertz CT molecular complexity index is 849. The maximum Gasteiger partial charge on any atom is 0.350 e. The molecule has 0 saturated heterocycles. The van der Waals surface area contributed by atoms with Gasteiger partial charge in [0.15, 0.2) is 12.4 Å². The molecule has 2 aromatic heterocycles. The predicted molar refractivity (Wildman–Crippen MR) is 90.5 cm³/mol. The third-order valence-corrected chi connectivity index (χ3v) is 4.05. The summed E-state index contributed by atoms with van der Waals surface area (Å²) in [4.78, 5) is 25.8. The summed E-state index contributed by atoms with van der Waals surface area (Å²) in [5, 5.41) is 1.58. The number of esters is 1. The monoisotopic (exact) mass is 372 g/mol. The molecular formula is C12H16N6O4S2. The summed E-state index contributed by atoms with van der Waals surface area (Å²) >= 11 is 1.06. The maximum atomic E-state index is 12.1. The van der Waals surface area contributed by atoms with Crippen molar-refractivity contribution < 1.29 is 17.9 Å². The molecule has 0 aliphatic rings. The van der Waals surface area contributed by atoms with Crippen LogP contribution in [0.5, 0.6) is 0 Å². The van der Waals surface area contributed by atoms with E-state index in [4.69, 9.17) is 10.5 Å². The predicted octanol–water partition coefficient (Wildman–Crippen LogP) is 0.310. The zero-order valence-electron chi connectivity index (χ0n) is 13.2. The molecule has 24 heavy (non-hydrogen) atoms. The number of nitrogens with zero attached hydrogens (tertiary/aromatic N) is 4. The van der Waals surface area contributed by atoms with Gasteiger partial charge in [-0.15, -0.1) is 11.3 Å². The minimum Gasteiger partial charge on any atom is -0.453 e. The number of carbonyl (C=O) groups excluding carboxylic acids is 1. The largest absolute Gasteiger partial charge is 0.453 e. The smallest absolute Gasteiger partial charge is 0.350 e. The fourth-order valence-corrected chi connectivity index (χ4v) is 3.01. The van der Waals surface area contributed by atoms with Gasteiger partial charge in [0.25, 0.3) is 0 Å². The van der Waals surface area contributed by atoms with Gasteiger partial charge in [-0.3, -0.25) is 4.72 Å². The zero-order valence-corrected chi connectivity index (χ0v) is 14.8. The number of aromatic nitrogens is 3. The highest BCUT2D eigenvalue weighted by Gasteiger charge is 2.18. The number of nitrogens with two attached hydrogens (primary N) is 1. The summed E-state index contributed by atoms with van der Waals surface area (Å²) < 4.78 is 30.0. The number of rotatable bonds is 6. The van der Waals surface area contributed by atoms with Gasteiger partial charge in [0.2, 0.25) is 21.9 Å². The van der Waals surface area contributed by atoms with E-state index in [0.29, 0.717) is 5.95 Å². The van der Waals surface area contributed by atoms with Crippen LogP contribution in [0.25, 0.3) is 0 Å². The topological polar surface area (TPSA) is 140 Å². The van der Waals surface area contributed by atoms with Crippen molar-refractivity contribution in [1.82, 2.24) is 15.0 Å². The van der Waals surface area contributed by atoms with Gasteiger partial charge in [-0.25, -0.2) is 13.2 Å². The van der Waals surface area contributed by atoms with Crippen LogP contribution in [0.1, 0.15) is 15.5 Å². The van der Waals surface area contributed by atoms with E-state index in [1.807, 2.05) is 0 Å². The first-order valence-corrected chi connectivity index (χ1v) is 9.33. The van der Waals surface area contributed by atoms with Gasteiger partial charge in [-0.05, 0) is 11.4 Å². The van der Waals surface area contributed by atoms with Gasteiger partial charge in [-0.1, -0.05) is 0 Å². The Morgan fingerprint density at radius 2 is 2.08 bits per heavy atom. The summed E-state index contributed by atoms with van der Waals surface area (Å²) in [6, 6.07) is 1.48. The van der Waals surface area contributed by atoms with Gasteiger partial charge in [0, 0.05) is 14.1 Å². The third-order valence-electron chi connectivity index (χ3n) is 2.57. The minimum absolute atomic E-state index is 0.00954. The van der Waals surface area contributed by atoms with Crippen molar-refractivity contribution in [2.75, 3.05) is 35.7 Å². The molecule has 0 atom stereocenters. The first kappa shape index (κ1) is 17.9. The van der Waals surface area contributed by atoms with Crippen molar-refractivity contribution in [2.24, 2.45) is 0 Å². The lowest BCUT2D eigenvalue weighted by molar-refractivity contribution is 0.0469. The Kier molecular flexibility index (Phi) is 5.19. The van der Waals surface area contributed by atoms with Crippen molar-refractivity contribution in [3.63, 3.8) is 0 Å². The second kappa shape index (κ2) is 6.97. The van der Waals surface area contributed by atoms with Crippen LogP contribution in [0.15, 0.2) is 11.4 Å². The molecule has 0 aliphatic heterocycles. The summed E-state index contributed by atoms with van der Waals surface area (Å²) in [6.07, 6.45) is 0.996. The number of thiophene rings is 1. The molecule has 0 aliphatic carbocycles. The molecule has 12 heteroatoms. The second-order valence-electron chi connectivity index (χ2n) is 4.92. The van der Waals surface area contributed by atoms with Crippen LogP contribution in [0.3, 0.4) is 0 Å². The molecule has 0 radical (unpaired) electrons. The maximum absolute atomic E-state index is 12.1. The molecule has 0 bridgehead atoms. The average molecular weight is 372 g/mol. The van der Waals surface area contributed by atoms with Crippen LogP contribution < -0.4 is 15.4 Å². The average Bonchev–Trinajstić information content (AvgIpc) is 2.90. The standard InChI is InChI=1S/C12H16N6O4S2/c1-18(2)12-15-8(14-11(13)16-12)6-22-10(19)9-7(4-5-23-9)17-24(3,20)21/h4-5,17H,6H2,1-3H3,(H2,13,14,15,16). The van der Waals surface area contributed by atoms with Crippen molar-refractivity contribution in [3.05, 3.63) is 22.1 Å². The van der Waals surface area contributed by atoms with Gasteiger partial charge in [0.05, 0.1) is 11.9 Å². The SMILES string of the molecule is CN(C)c1nc(N)nc(COC(=O)c2sccc2NS(C)(=O)=O)n1.